The summed E-state index contributed by atoms with van der Waals surface area (Å²) in [5, 5.41) is 10.4. The second-order valence-corrected chi connectivity index (χ2v) is 4.19. The highest BCUT2D eigenvalue weighted by Crippen LogP contribution is 2.12. The van der Waals surface area contributed by atoms with E-state index in [1.807, 2.05) is 43.3 Å². The van der Waals surface area contributed by atoms with Crippen LogP contribution >= 0.6 is 11.6 Å². The molecule has 3 heteroatoms. The Balaban J connectivity index is 2.51. The first-order chi connectivity index (χ1) is 6.58. The minimum Gasteiger partial charge on any atom is -0.391 e. The van der Waals surface area contributed by atoms with E-state index in [1.54, 1.807) is 0 Å². The van der Waals surface area contributed by atoms with Crippen LogP contribution in [-0.4, -0.2) is 36.8 Å². The van der Waals surface area contributed by atoms with Crippen molar-refractivity contribution >= 4 is 11.6 Å². The van der Waals surface area contributed by atoms with Crippen LogP contribution in [0.15, 0.2) is 24.3 Å². The van der Waals surface area contributed by atoms with Gasteiger partial charge in [-0.25, -0.2) is 0 Å². The Kier molecular flexibility index (Phi) is 4.39. The molecule has 14 heavy (non-hydrogen) atoms. The zero-order valence-corrected chi connectivity index (χ0v) is 9.33. The summed E-state index contributed by atoms with van der Waals surface area (Å²) in [7, 11) is 3.89. The van der Waals surface area contributed by atoms with E-state index < -0.39 is 0 Å². The number of halogens is 1. The van der Waals surface area contributed by atoms with Crippen LogP contribution < -0.4 is 0 Å². The normalized spacial score (nSPS) is 13.2. The largest absolute Gasteiger partial charge is 0.391 e. The van der Waals surface area contributed by atoms with Gasteiger partial charge in [-0.1, -0.05) is 23.7 Å². The monoisotopic (exact) mass is 213 g/mol. The lowest BCUT2D eigenvalue weighted by Gasteiger charge is -2.15. The molecule has 0 aliphatic heterocycles. The third-order valence-corrected chi connectivity index (χ3v) is 2.17. The lowest BCUT2D eigenvalue weighted by molar-refractivity contribution is 0.137. The topological polar surface area (TPSA) is 23.5 Å². The van der Waals surface area contributed by atoms with Crippen molar-refractivity contribution in [3.05, 3.63) is 34.9 Å². The highest BCUT2D eigenvalue weighted by atomic mass is 35.5. The molecule has 0 aromatic heterocycles. The summed E-state index contributed by atoms with van der Waals surface area (Å²) in [4.78, 5) is 1.97. The summed E-state index contributed by atoms with van der Waals surface area (Å²) in [6, 6.07) is 7.61. The summed E-state index contributed by atoms with van der Waals surface area (Å²) in [5.41, 5.74) is 1.08. The van der Waals surface area contributed by atoms with Gasteiger partial charge in [0.1, 0.15) is 0 Å². The fourth-order valence-electron chi connectivity index (χ4n) is 1.42. The molecule has 0 saturated heterocycles. The average Bonchev–Trinajstić information content (AvgIpc) is 2.01. The maximum absolute atomic E-state index is 9.68. The maximum atomic E-state index is 9.68. The Morgan fingerprint density at radius 3 is 2.71 bits per heavy atom. The van der Waals surface area contributed by atoms with Crippen LogP contribution in [0.4, 0.5) is 0 Å². The van der Waals surface area contributed by atoms with Crippen LogP contribution in [-0.2, 0) is 6.42 Å². The van der Waals surface area contributed by atoms with Crippen molar-refractivity contribution in [1.29, 1.82) is 0 Å². The predicted octanol–water partition coefficient (Wildman–Crippen LogP) is 1.80. The number of aliphatic hydroxyl groups is 1. The van der Waals surface area contributed by atoms with Gasteiger partial charge in [0.15, 0.2) is 0 Å². The zero-order chi connectivity index (χ0) is 10.6. The molecule has 0 heterocycles. The number of hydrogen-bond donors (Lipinski definition) is 1. The highest BCUT2D eigenvalue weighted by Gasteiger charge is 2.06. The van der Waals surface area contributed by atoms with Crippen LogP contribution in [0.5, 0.6) is 0 Å². The molecule has 0 saturated carbocycles. The van der Waals surface area contributed by atoms with Gasteiger partial charge in [0, 0.05) is 11.6 Å². The summed E-state index contributed by atoms with van der Waals surface area (Å²) >= 11 is 5.84. The zero-order valence-electron chi connectivity index (χ0n) is 8.57. The van der Waals surface area contributed by atoms with Gasteiger partial charge in [0.25, 0.3) is 0 Å². The summed E-state index contributed by atoms with van der Waals surface area (Å²) in [6.07, 6.45) is 0.321. The number of nitrogens with zero attached hydrogens (tertiary/aromatic N) is 1. The summed E-state index contributed by atoms with van der Waals surface area (Å²) < 4.78 is 0. The van der Waals surface area contributed by atoms with Crippen LogP contribution in [0.3, 0.4) is 0 Å². The molecule has 0 fully saturated rings. The number of rotatable bonds is 4. The second kappa shape index (κ2) is 5.35. The van der Waals surface area contributed by atoms with Gasteiger partial charge in [-0.3, -0.25) is 0 Å². The van der Waals surface area contributed by atoms with Gasteiger partial charge >= 0.3 is 0 Å². The highest BCUT2D eigenvalue weighted by molar-refractivity contribution is 6.30. The first-order valence-electron chi connectivity index (χ1n) is 4.65. The quantitative estimate of drug-likeness (QED) is 0.825. The van der Waals surface area contributed by atoms with E-state index in [0.717, 1.165) is 10.6 Å². The molecule has 1 N–H and O–H groups in total. The molecule has 0 unspecified atom stereocenters. The molecule has 1 aromatic carbocycles. The van der Waals surface area contributed by atoms with E-state index in [1.165, 1.54) is 0 Å². The van der Waals surface area contributed by atoms with Gasteiger partial charge < -0.3 is 10.0 Å². The molecular weight excluding hydrogens is 198 g/mol. The lowest BCUT2D eigenvalue weighted by Crippen LogP contribution is -2.27. The number of benzene rings is 1. The Hall–Kier alpha value is -0.570. The van der Waals surface area contributed by atoms with Gasteiger partial charge in [-0.2, -0.15) is 0 Å². The molecule has 0 aliphatic carbocycles. The first-order valence-corrected chi connectivity index (χ1v) is 5.03. The number of hydrogen-bond acceptors (Lipinski definition) is 2. The molecule has 1 aromatic rings. The van der Waals surface area contributed by atoms with Crippen LogP contribution in [0.1, 0.15) is 5.56 Å². The summed E-state index contributed by atoms with van der Waals surface area (Å²) in [5.74, 6) is 0. The molecule has 0 radical (unpaired) electrons. The average molecular weight is 214 g/mol. The number of likely N-dealkylation sites (N-methyl/N-ethyl adjacent to an activating group) is 1. The molecule has 1 rings (SSSR count). The number of aliphatic hydroxyl groups excluding tert-OH is 1. The Morgan fingerprint density at radius 1 is 1.43 bits per heavy atom. The fourth-order valence-corrected chi connectivity index (χ4v) is 1.63. The van der Waals surface area contributed by atoms with Crippen LogP contribution in [0, 0.1) is 0 Å². The second-order valence-electron chi connectivity index (χ2n) is 3.75. The summed E-state index contributed by atoms with van der Waals surface area (Å²) in [6.45, 7) is 0.673. The molecular formula is C11H16ClNO. The van der Waals surface area contributed by atoms with Crippen molar-refractivity contribution < 1.29 is 5.11 Å². The van der Waals surface area contributed by atoms with Crippen molar-refractivity contribution in [2.75, 3.05) is 20.6 Å². The SMILES string of the molecule is CN(C)C[C@@H](O)Cc1cccc(Cl)c1. The van der Waals surface area contributed by atoms with Crippen LogP contribution in [0.25, 0.3) is 0 Å². The Labute approximate surface area is 90.1 Å². The fraction of sp³-hybridized carbons (Fsp3) is 0.455. The minimum atomic E-state index is -0.330. The van der Waals surface area contributed by atoms with Crippen LogP contribution in [0.2, 0.25) is 5.02 Å². The first kappa shape index (κ1) is 11.5. The smallest absolute Gasteiger partial charge is 0.0707 e. The van der Waals surface area contributed by atoms with Crippen molar-refractivity contribution in [2.45, 2.75) is 12.5 Å². The van der Waals surface area contributed by atoms with Gasteiger partial charge in [0.2, 0.25) is 0 Å². The standard InChI is InChI=1S/C11H16ClNO/c1-13(2)8-11(14)7-9-4-3-5-10(12)6-9/h3-6,11,14H,7-8H2,1-2H3/t11-/m0/s1. The Morgan fingerprint density at radius 2 is 2.14 bits per heavy atom. The van der Waals surface area contributed by atoms with Gasteiger partial charge in [-0.05, 0) is 38.2 Å². The lowest BCUT2D eigenvalue weighted by atomic mass is 10.1. The Bertz CT molecular complexity index is 288. The molecule has 0 spiro atoms. The minimum absolute atomic E-state index is 0.330. The third-order valence-electron chi connectivity index (χ3n) is 1.94. The molecule has 1 atom stereocenters. The molecule has 78 valence electrons. The van der Waals surface area contributed by atoms with E-state index in [-0.39, 0.29) is 6.10 Å². The molecule has 0 aliphatic rings. The molecule has 0 amide bonds. The molecule has 0 bridgehead atoms. The van der Waals surface area contributed by atoms with Crippen molar-refractivity contribution in [3.8, 4) is 0 Å². The molecule has 2 nitrogen and oxygen atoms in total. The van der Waals surface area contributed by atoms with E-state index in [4.69, 9.17) is 11.6 Å². The van der Waals surface area contributed by atoms with Gasteiger partial charge in [-0.15, -0.1) is 0 Å². The van der Waals surface area contributed by atoms with E-state index >= 15 is 0 Å². The van der Waals surface area contributed by atoms with Crippen molar-refractivity contribution in [3.63, 3.8) is 0 Å². The van der Waals surface area contributed by atoms with E-state index in [9.17, 15) is 5.11 Å². The van der Waals surface area contributed by atoms with E-state index in [0.29, 0.717) is 13.0 Å². The van der Waals surface area contributed by atoms with Gasteiger partial charge in [0.05, 0.1) is 6.10 Å². The predicted molar refractivity (Wildman–Crippen MR) is 59.7 cm³/mol. The third kappa shape index (κ3) is 4.09. The van der Waals surface area contributed by atoms with Crippen molar-refractivity contribution in [2.24, 2.45) is 0 Å². The van der Waals surface area contributed by atoms with Crippen molar-refractivity contribution in [1.82, 2.24) is 4.90 Å². The maximum Gasteiger partial charge on any atom is 0.0707 e. The van der Waals surface area contributed by atoms with E-state index in [2.05, 4.69) is 0 Å².